The predicted octanol–water partition coefficient (Wildman–Crippen LogP) is 11.4. The van der Waals surface area contributed by atoms with Crippen LogP contribution in [0.15, 0.2) is 162 Å². The molecule has 9 rings (SSSR count). The van der Waals surface area contributed by atoms with Crippen LogP contribution in [0.25, 0.3) is 88.5 Å². The van der Waals surface area contributed by atoms with Crippen molar-refractivity contribution in [3.05, 3.63) is 158 Å². The zero-order valence-corrected chi connectivity index (χ0v) is 24.3. The molecule has 3 nitrogen and oxygen atoms in total. The first-order chi connectivity index (χ1) is 22.3. The summed E-state index contributed by atoms with van der Waals surface area (Å²) in [6.07, 6.45) is 0. The maximum atomic E-state index is 6.73. The number of nitrogens with zero attached hydrogens (tertiary/aromatic N) is 2. The first kappa shape index (κ1) is 25.4. The second-order valence-corrected chi connectivity index (χ2v) is 11.5. The smallest absolute Gasteiger partial charge is 0.160 e. The molecule has 0 atom stereocenters. The predicted molar refractivity (Wildman–Crippen MR) is 186 cm³/mol. The standard InChI is InChI=1S/C42H26N2O/c1-3-11-27(12-4-1)34-23-36-35-22-31-17-9-10-18-32(31)25-40(35)45-41(36)37(24-34)39-26-38(43-42(44-39)29-14-5-2-6-15-29)33-20-19-28-13-7-8-16-30(28)21-33/h1-26H. The molecule has 45 heavy (non-hydrogen) atoms. The summed E-state index contributed by atoms with van der Waals surface area (Å²) in [5, 5.41) is 6.88. The zero-order chi connectivity index (χ0) is 29.7. The number of hydrogen-bond acceptors (Lipinski definition) is 3. The Morgan fingerprint density at radius 3 is 1.76 bits per heavy atom. The van der Waals surface area contributed by atoms with Gasteiger partial charge < -0.3 is 4.42 Å². The number of fused-ring (bicyclic) bond motifs is 5. The molecule has 3 heteroatoms. The summed E-state index contributed by atoms with van der Waals surface area (Å²) in [6.45, 7) is 0. The normalized spacial score (nSPS) is 11.6. The molecule has 0 fully saturated rings. The van der Waals surface area contributed by atoms with Crippen molar-refractivity contribution in [2.24, 2.45) is 0 Å². The lowest BCUT2D eigenvalue weighted by Gasteiger charge is -2.12. The van der Waals surface area contributed by atoms with E-state index in [9.17, 15) is 0 Å². The summed E-state index contributed by atoms with van der Waals surface area (Å²) in [5.41, 5.74) is 8.57. The van der Waals surface area contributed by atoms with Crippen LogP contribution < -0.4 is 0 Å². The Kier molecular flexibility index (Phi) is 5.82. The van der Waals surface area contributed by atoms with E-state index >= 15 is 0 Å². The largest absolute Gasteiger partial charge is 0.455 e. The van der Waals surface area contributed by atoms with Gasteiger partial charge in [0.25, 0.3) is 0 Å². The van der Waals surface area contributed by atoms with Gasteiger partial charge in [0, 0.05) is 27.5 Å². The van der Waals surface area contributed by atoms with Crippen molar-refractivity contribution in [2.75, 3.05) is 0 Å². The van der Waals surface area contributed by atoms with Crippen LogP contribution in [0, 0.1) is 0 Å². The van der Waals surface area contributed by atoms with E-state index in [2.05, 4.69) is 140 Å². The van der Waals surface area contributed by atoms with Gasteiger partial charge in [-0.2, -0.15) is 0 Å². The van der Waals surface area contributed by atoms with Gasteiger partial charge in [-0.05, 0) is 69.1 Å². The van der Waals surface area contributed by atoms with Gasteiger partial charge in [0.15, 0.2) is 5.82 Å². The molecule has 2 heterocycles. The minimum absolute atomic E-state index is 0.677. The lowest BCUT2D eigenvalue weighted by Crippen LogP contribution is -1.96. The van der Waals surface area contributed by atoms with E-state index in [1.807, 2.05) is 18.2 Å². The van der Waals surface area contributed by atoms with E-state index < -0.39 is 0 Å². The summed E-state index contributed by atoms with van der Waals surface area (Å²) >= 11 is 0. The van der Waals surface area contributed by atoms with Gasteiger partial charge in [-0.25, -0.2) is 9.97 Å². The number of aromatic nitrogens is 2. The molecule has 0 bridgehead atoms. The maximum absolute atomic E-state index is 6.73. The van der Waals surface area contributed by atoms with E-state index in [1.165, 1.54) is 16.2 Å². The van der Waals surface area contributed by atoms with Gasteiger partial charge in [0.1, 0.15) is 11.2 Å². The van der Waals surface area contributed by atoms with Gasteiger partial charge >= 0.3 is 0 Å². The first-order valence-corrected chi connectivity index (χ1v) is 15.2. The molecular weight excluding hydrogens is 548 g/mol. The Hall–Kier alpha value is -6.06. The SMILES string of the molecule is c1ccc(-c2cc(-c3cc(-c4ccc5ccccc5c4)nc(-c4ccccc4)n3)c3oc4cc5ccccc5cc4c3c2)cc1. The van der Waals surface area contributed by atoms with E-state index in [0.29, 0.717) is 5.82 Å². The van der Waals surface area contributed by atoms with E-state index in [-0.39, 0.29) is 0 Å². The molecule has 0 N–H and O–H groups in total. The maximum Gasteiger partial charge on any atom is 0.160 e. The van der Waals surface area contributed by atoms with Crippen LogP contribution in [0.4, 0.5) is 0 Å². The topological polar surface area (TPSA) is 38.9 Å². The second kappa shape index (κ2) is 10.3. The molecule has 2 aromatic heterocycles. The van der Waals surface area contributed by atoms with Crippen LogP contribution in [-0.2, 0) is 0 Å². The van der Waals surface area contributed by atoms with Gasteiger partial charge in [0.2, 0.25) is 0 Å². The molecule has 0 aliphatic heterocycles. The quantitative estimate of drug-likeness (QED) is 0.210. The summed E-state index contributed by atoms with van der Waals surface area (Å²) in [7, 11) is 0. The van der Waals surface area contributed by atoms with Crippen LogP contribution in [0.3, 0.4) is 0 Å². The Morgan fingerprint density at radius 1 is 0.378 bits per heavy atom. The van der Waals surface area contributed by atoms with Crippen LogP contribution in [-0.4, -0.2) is 9.97 Å². The summed E-state index contributed by atoms with van der Waals surface area (Å²) in [5.74, 6) is 0.677. The van der Waals surface area contributed by atoms with Crippen molar-refractivity contribution in [3.63, 3.8) is 0 Å². The molecule has 9 aromatic rings. The molecule has 210 valence electrons. The third kappa shape index (κ3) is 4.45. The average Bonchev–Trinajstić information content (AvgIpc) is 3.47. The summed E-state index contributed by atoms with van der Waals surface area (Å²) < 4.78 is 6.73. The third-order valence-electron chi connectivity index (χ3n) is 8.63. The monoisotopic (exact) mass is 574 g/mol. The lowest BCUT2D eigenvalue weighted by atomic mass is 9.96. The highest BCUT2D eigenvalue weighted by Gasteiger charge is 2.19. The van der Waals surface area contributed by atoms with Crippen LogP contribution in [0.5, 0.6) is 0 Å². The minimum atomic E-state index is 0.677. The molecule has 0 amide bonds. The van der Waals surface area contributed by atoms with Gasteiger partial charge in [-0.15, -0.1) is 0 Å². The molecule has 0 radical (unpaired) electrons. The molecule has 0 saturated carbocycles. The zero-order valence-electron chi connectivity index (χ0n) is 24.3. The molecule has 0 unspecified atom stereocenters. The summed E-state index contributed by atoms with van der Waals surface area (Å²) in [4.78, 5) is 10.3. The Morgan fingerprint density at radius 2 is 1.00 bits per heavy atom. The van der Waals surface area contributed by atoms with Crippen molar-refractivity contribution in [2.45, 2.75) is 0 Å². The molecule has 0 saturated heterocycles. The van der Waals surface area contributed by atoms with Crippen molar-refractivity contribution < 1.29 is 4.42 Å². The fourth-order valence-corrected chi connectivity index (χ4v) is 6.35. The fourth-order valence-electron chi connectivity index (χ4n) is 6.35. The van der Waals surface area contributed by atoms with E-state index in [4.69, 9.17) is 14.4 Å². The van der Waals surface area contributed by atoms with Gasteiger partial charge in [0.05, 0.1) is 11.4 Å². The second-order valence-electron chi connectivity index (χ2n) is 11.5. The van der Waals surface area contributed by atoms with Crippen LogP contribution in [0.1, 0.15) is 0 Å². The number of hydrogen-bond donors (Lipinski definition) is 0. The van der Waals surface area contributed by atoms with Crippen molar-refractivity contribution >= 4 is 43.5 Å². The Labute approximate surface area is 260 Å². The van der Waals surface area contributed by atoms with Gasteiger partial charge in [-0.3, -0.25) is 0 Å². The number of furan rings is 1. The highest BCUT2D eigenvalue weighted by Crippen LogP contribution is 2.41. The molecule has 0 spiro atoms. The highest BCUT2D eigenvalue weighted by atomic mass is 16.3. The lowest BCUT2D eigenvalue weighted by molar-refractivity contribution is 0.670. The van der Waals surface area contributed by atoms with E-state index in [0.717, 1.165) is 66.5 Å². The summed E-state index contributed by atoms with van der Waals surface area (Å²) in [6, 6.07) is 55.0. The first-order valence-electron chi connectivity index (χ1n) is 15.2. The average molecular weight is 575 g/mol. The molecule has 0 aliphatic rings. The Balaban J connectivity index is 1.35. The number of rotatable bonds is 4. The van der Waals surface area contributed by atoms with Crippen LogP contribution >= 0.6 is 0 Å². The third-order valence-corrected chi connectivity index (χ3v) is 8.63. The minimum Gasteiger partial charge on any atom is -0.455 e. The molecule has 7 aromatic carbocycles. The van der Waals surface area contributed by atoms with E-state index in [1.54, 1.807) is 0 Å². The van der Waals surface area contributed by atoms with Crippen LogP contribution in [0.2, 0.25) is 0 Å². The van der Waals surface area contributed by atoms with Crippen molar-refractivity contribution in [1.29, 1.82) is 0 Å². The van der Waals surface area contributed by atoms with Crippen molar-refractivity contribution in [3.8, 4) is 45.0 Å². The highest BCUT2D eigenvalue weighted by molar-refractivity contribution is 6.14. The fraction of sp³-hybridized carbons (Fsp3) is 0. The van der Waals surface area contributed by atoms with Crippen molar-refractivity contribution in [1.82, 2.24) is 9.97 Å². The molecule has 0 aliphatic carbocycles. The molecular formula is C42H26N2O. The Bertz CT molecular complexity index is 2530. The van der Waals surface area contributed by atoms with Gasteiger partial charge in [-0.1, -0.05) is 121 Å². The number of benzene rings is 7.